The molecule has 18 heavy (non-hydrogen) atoms. The van der Waals surface area contributed by atoms with Crippen LogP contribution in [0.5, 0.6) is 0 Å². The molecule has 0 aliphatic carbocycles. The summed E-state index contributed by atoms with van der Waals surface area (Å²) in [6, 6.07) is 1.42. The number of aromatic nitrogens is 4. The maximum atomic E-state index is 10.7. The van der Waals surface area contributed by atoms with Gasteiger partial charge in [-0.2, -0.15) is 0 Å². The van der Waals surface area contributed by atoms with Gasteiger partial charge in [0.05, 0.1) is 6.33 Å². The van der Waals surface area contributed by atoms with E-state index in [-0.39, 0.29) is 5.69 Å². The van der Waals surface area contributed by atoms with Crippen molar-refractivity contribution in [3.8, 4) is 0 Å². The molecule has 0 amide bonds. The molecule has 0 aliphatic heterocycles. The highest BCUT2D eigenvalue weighted by Crippen LogP contribution is 2.04. The summed E-state index contributed by atoms with van der Waals surface area (Å²) in [5, 5.41) is 11.8. The Kier molecular flexibility index (Phi) is 3.85. The lowest BCUT2D eigenvalue weighted by atomic mass is 10.3. The highest BCUT2D eigenvalue weighted by Gasteiger charge is 2.05. The molecule has 2 N–H and O–H groups in total. The number of aryl methyl sites for hydroxylation is 1. The number of carbonyl (C=O) groups is 1. The van der Waals surface area contributed by atoms with Crippen LogP contribution < -0.4 is 5.32 Å². The summed E-state index contributed by atoms with van der Waals surface area (Å²) < 4.78 is 1.98. The average molecular weight is 247 g/mol. The molecule has 94 valence electrons. The number of carboxylic acids is 1. The Morgan fingerprint density at radius 1 is 1.44 bits per heavy atom. The van der Waals surface area contributed by atoms with E-state index in [4.69, 9.17) is 5.11 Å². The molecule has 0 atom stereocenters. The van der Waals surface area contributed by atoms with Crippen LogP contribution in [0, 0.1) is 0 Å². The first-order chi connectivity index (χ1) is 8.75. The van der Waals surface area contributed by atoms with Crippen LogP contribution >= 0.6 is 0 Å². The van der Waals surface area contributed by atoms with E-state index in [1.54, 1.807) is 12.5 Å². The van der Waals surface area contributed by atoms with E-state index < -0.39 is 5.97 Å². The molecule has 2 heterocycles. The molecule has 0 unspecified atom stereocenters. The van der Waals surface area contributed by atoms with Gasteiger partial charge in [0, 0.05) is 31.5 Å². The van der Waals surface area contributed by atoms with Crippen molar-refractivity contribution in [3.05, 3.63) is 36.8 Å². The van der Waals surface area contributed by atoms with E-state index in [2.05, 4.69) is 20.3 Å². The van der Waals surface area contributed by atoms with Crippen LogP contribution in [0.4, 0.5) is 5.82 Å². The third-order valence-electron chi connectivity index (χ3n) is 2.34. The molecule has 2 aromatic heterocycles. The third-order valence-corrected chi connectivity index (χ3v) is 2.34. The minimum atomic E-state index is -1.06. The van der Waals surface area contributed by atoms with E-state index in [0.29, 0.717) is 12.4 Å². The van der Waals surface area contributed by atoms with Crippen LogP contribution in [0.2, 0.25) is 0 Å². The van der Waals surface area contributed by atoms with E-state index in [1.807, 2.05) is 10.8 Å². The molecule has 7 heteroatoms. The lowest BCUT2D eigenvalue weighted by molar-refractivity contribution is 0.0690. The summed E-state index contributed by atoms with van der Waals surface area (Å²) in [6.07, 6.45) is 7.52. The molecule has 0 radical (unpaired) electrons. The number of imidazole rings is 1. The van der Waals surface area contributed by atoms with E-state index >= 15 is 0 Å². The predicted octanol–water partition coefficient (Wildman–Crippen LogP) is 0.873. The second-order valence-electron chi connectivity index (χ2n) is 3.67. The summed E-state index contributed by atoms with van der Waals surface area (Å²) in [4.78, 5) is 22.3. The summed E-state index contributed by atoms with van der Waals surface area (Å²) in [6.45, 7) is 1.55. The van der Waals surface area contributed by atoms with Gasteiger partial charge >= 0.3 is 5.97 Å². The van der Waals surface area contributed by atoms with Gasteiger partial charge in [-0.05, 0) is 6.42 Å². The normalized spacial score (nSPS) is 10.2. The van der Waals surface area contributed by atoms with Crippen molar-refractivity contribution in [1.82, 2.24) is 19.5 Å². The van der Waals surface area contributed by atoms with E-state index in [9.17, 15) is 4.79 Å². The van der Waals surface area contributed by atoms with Crippen molar-refractivity contribution in [2.24, 2.45) is 0 Å². The maximum absolute atomic E-state index is 10.7. The first-order valence-electron chi connectivity index (χ1n) is 5.50. The Morgan fingerprint density at radius 2 is 2.33 bits per heavy atom. The van der Waals surface area contributed by atoms with Crippen molar-refractivity contribution >= 4 is 11.8 Å². The first kappa shape index (κ1) is 12.0. The fourth-order valence-corrected chi connectivity index (χ4v) is 1.47. The van der Waals surface area contributed by atoms with Gasteiger partial charge in [-0.3, -0.25) is 0 Å². The van der Waals surface area contributed by atoms with Crippen molar-refractivity contribution in [3.63, 3.8) is 0 Å². The Balaban J connectivity index is 1.79. The van der Waals surface area contributed by atoms with Gasteiger partial charge in [0.25, 0.3) is 0 Å². The van der Waals surface area contributed by atoms with Crippen LogP contribution in [0.25, 0.3) is 0 Å². The molecule has 0 saturated carbocycles. The Bertz CT molecular complexity index is 512. The minimum absolute atomic E-state index is 0.0119. The highest BCUT2D eigenvalue weighted by molar-refractivity contribution is 5.85. The topological polar surface area (TPSA) is 92.9 Å². The number of hydrogen-bond donors (Lipinski definition) is 2. The SMILES string of the molecule is O=C(O)c1cc(NCCCn2ccnc2)ncn1. The van der Waals surface area contributed by atoms with Crippen LogP contribution in [0.3, 0.4) is 0 Å². The number of hydrogen-bond acceptors (Lipinski definition) is 5. The van der Waals surface area contributed by atoms with Gasteiger partial charge in [0.2, 0.25) is 0 Å². The van der Waals surface area contributed by atoms with Gasteiger partial charge in [0.1, 0.15) is 12.1 Å². The number of carboxylic acid groups (broad SMARTS) is 1. The summed E-state index contributed by atoms with van der Waals surface area (Å²) >= 11 is 0. The standard InChI is InChI=1S/C11H13N5O2/c17-11(18)9-6-10(15-7-14-9)13-2-1-4-16-5-3-12-8-16/h3,5-8H,1-2,4H2,(H,17,18)(H,13,14,15). The van der Waals surface area contributed by atoms with Crippen molar-refractivity contribution < 1.29 is 9.90 Å². The van der Waals surface area contributed by atoms with Gasteiger partial charge in [0.15, 0.2) is 5.69 Å². The second-order valence-corrected chi connectivity index (χ2v) is 3.67. The molecule has 2 rings (SSSR count). The average Bonchev–Trinajstić information content (AvgIpc) is 2.88. The molecule has 0 bridgehead atoms. The summed E-state index contributed by atoms with van der Waals surface area (Å²) in [5.41, 5.74) is -0.0119. The molecule has 2 aromatic rings. The Labute approximate surface area is 104 Å². The van der Waals surface area contributed by atoms with Crippen molar-refractivity contribution in [1.29, 1.82) is 0 Å². The van der Waals surface area contributed by atoms with Gasteiger partial charge < -0.3 is 15.0 Å². The zero-order chi connectivity index (χ0) is 12.8. The van der Waals surface area contributed by atoms with Crippen LogP contribution in [0.1, 0.15) is 16.9 Å². The smallest absolute Gasteiger partial charge is 0.354 e. The predicted molar refractivity (Wildman–Crippen MR) is 64.3 cm³/mol. The number of nitrogens with zero attached hydrogens (tertiary/aromatic N) is 4. The molecule has 0 spiro atoms. The van der Waals surface area contributed by atoms with Gasteiger partial charge in [-0.15, -0.1) is 0 Å². The van der Waals surface area contributed by atoms with E-state index in [1.165, 1.54) is 12.4 Å². The Morgan fingerprint density at radius 3 is 3.06 bits per heavy atom. The highest BCUT2D eigenvalue weighted by atomic mass is 16.4. The summed E-state index contributed by atoms with van der Waals surface area (Å²) in [5.74, 6) is -0.535. The lowest BCUT2D eigenvalue weighted by Crippen LogP contribution is -2.09. The number of anilines is 1. The number of aromatic carboxylic acids is 1. The van der Waals surface area contributed by atoms with Gasteiger partial charge in [-0.25, -0.2) is 19.7 Å². The van der Waals surface area contributed by atoms with E-state index in [0.717, 1.165) is 13.0 Å². The zero-order valence-electron chi connectivity index (χ0n) is 9.65. The second kappa shape index (κ2) is 5.76. The molecule has 0 fully saturated rings. The van der Waals surface area contributed by atoms with Crippen LogP contribution in [-0.2, 0) is 6.54 Å². The lowest BCUT2D eigenvalue weighted by Gasteiger charge is -2.06. The maximum Gasteiger partial charge on any atom is 0.354 e. The zero-order valence-corrected chi connectivity index (χ0v) is 9.65. The molecule has 7 nitrogen and oxygen atoms in total. The van der Waals surface area contributed by atoms with Crippen molar-refractivity contribution in [2.75, 3.05) is 11.9 Å². The quantitative estimate of drug-likeness (QED) is 0.736. The number of nitrogens with one attached hydrogen (secondary N) is 1. The Hall–Kier alpha value is -2.44. The third kappa shape index (κ3) is 3.27. The number of rotatable bonds is 6. The molecule has 0 saturated heterocycles. The van der Waals surface area contributed by atoms with Crippen LogP contribution in [-0.4, -0.2) is 37.1 Å². The van der Waals surface area contributed by atoms with Gasteiger partial charge in [-0.1, -0.05) is 0 Å². The van der Waals surface area contributed by atoms with Crippen molar-refractivity contribution in [2.45, 2.75) is 13.0 Å². The largest absolute Gasteiger partial charge is 0.477 e. The van der Waals surface area contributed by atoms with Crippen LogP contribution in [0.15, 0.2) is 31.1 Å². The molecular formula is C11H13N5O2. The summed E-state index contributed by atoms with van der Waals surface area (Å²) in [7, 11) is 0. The fraction of sp³-hybridized carbons (Fsp3) is 0.273. The first-order valence-corrected chi connectivity index (χ1v) is 5.50. The molecular weight excluding hydrogens is 234 g/mol. The molecule has 0 aromatic carbocycles. The molecule has 0 aliphatic rings. The minimum Gasteiger partial charge on any atom is -0.477 e. The monoisotopic (exact) mass is 247 g/mol. The fourth-order valence-electron chi connectivity index (χ4n) is 1.47.